The zero-order valence-corrected chi connectivity index (χ0v) is 10.0. The van der Waals surface area contributed by atoms with Crippen molar-refractivity contribution >= 4 is 15.9 Å². The van der Waals surface area contributed by atoms with Crippen LogP contribution in [-0.2, 0) is 13.0 Å². The van der Waals surface area contributed by atoms with Gasteiger partial charge in [0.25, 0.3) is 0 Å². The zero-order chi connectivity index (χ0) is 10.1. The van der Waals surface area contributed by atoms with E-state index in [4.69, 9.17) is 5.73 Å². The predicted octanol–water partition coefficient (Wildman–Crippen LogP) is 1.87. The highest BCUT2D eigenvalue weighted by Gasteiger charge is 2.22. The van der Waals surface area contributed by atoms with Gasteiger partial charge in [-0.3, -0.25) is 0 Å². The minimum absolute atomic E-state index is 0.759. The number of rotatable bonds is 2. The first-order valence-electron chi connectivity index (χ1n) is 5.14. The lowest BCUT2D eigenvalue weighted by Gasteiger charge is -2.24. The summed E-state index contributed by atoms with van der Waals surface area (Å²) < 4.78 is 3.26. The molecule has 14 heavy (non-hydrogen) atoms. The Kier molecular flexibility index (Phi) is 2.93. The second-order valence-electron chi connectivity index (χ2n) is 4.00. The number of fused-ring (bicyclic) bond motifs is 1. The maximum absolute atomic E-state index is 5.59. The van der Waals surface area contributed by atoms with Crippen LogP contribution in [0.1, 0.15) is 24.2 Å². The van der Waals surface area contributed by atoms with Gasteiger partial charge in [-0.15, -0.1) is 0 Å². The number of imidazole rings is 1. The van der Waals surface area contributed by atoms with Gasteiger partial charge in [-0.2, -0.15) is 0 Å². The van der Waals surface area contributed by atoms with E-state index in [0.717, 1.165) is 36.6 Å². The Hall–Kier alpha value is -0.350. The quantitative estimate of drug-likeness (QED) is 0.880. The molecule has 1 atom stereocenters. The molecule has 78 valence electrons. The number of aromatic nitrogens is 2. The van der Waals surface area contributed by atoms with E-state index in [0.29, 0.717) is 0 Å². The van der Waals surface area contributed by atoms with Crippen molar-refractivity contribution in [3.8, 4) is 0 Å². The second-order valence-corrected chi connectivity index (χ2v) is 4.71. The number of hydrogen-bond acceptors (Lipinski definition) is 2. The lowest BCUT2D eigenvalue weighted by Crippen LogP contribution is -2.21. The fourth-order valence-electron chi connectivity index (χ4n) is 2.22. The van der Waals surface area contributed by atoms with E-state index in [1.807, 2.05) is 0 Å². The monoisotopic (exact) mass is 257 g/mol. The number of hydrogen-bond donors (Lipinski definition) is 1. The summed E-state index contributed by atoms with van der Waals surface area (Å²) >= 11 is 3.49. The minimum atomic E-state index is 0.759. The van der Waals surface area contributed by atoms with E-state index in [-0.39, 0.29) is 0 Å². The molecule has 0 aliphatic carbocycles. The van der Waals surface area contributed by atoms with Crippen LogP contribution < -0.4 is 5.73 Å². The number of nitrogens with zero attached hydrogens (tertiary/aromatic N) is 2. The average Bonchev–Trinajstić information content (AvgIpc) is 2.43. The lowest BCUT2D eigenvalue weighted by atomic mass is 9.92. The fraction of sp³-hybridized carbons (Fsp3) is 0.700. The van der Waals surface area contributed by atoms with Crippen LogP contribution in [0.4, 0.5) is 0 Å². The van der Waals surface area contributed by atoms with Crippen molar-refractivity contribution in [1.29, 1.82) is 0 Å². The maximum atomic E-state index is 5.59. The van der Waals surface area contributed by atoms with E-state index in [2.05, 4.69) is 32.4 Å². The highest BCUT2D eigenvalue weighted by atomic mass is 79.9. The van der Waals surface area contributed by atoms with Crippen LogP contribution in [0.2, 0.25) is 0 Å². The van der Waals surface area contributed by atoms with Gasteiger partial charge in [-0.25, -0.2) is 4.98 Å². The van der Waals surface area contributed by atoms with Crippen molar-refractivity contribution in [1.82, 2.24) is 9.55 Å². The SMILES string of the molecule is Cc1nc(Br)n2c1CC(CCN)CC2. The van der Waals surface area contributed by atoms with Crippen molar-refractivity contribution in [3.05, 3.63) is 16.1 Å². The maximum Gasteiger partial charge on any atom is 0.177 e. The second kappa shape index (κ2) is 4.03. The van der Waals surface area contributed by atoms with E-state index >= 15 is 0 Å². The van der Waals surface area contributed by atoms with Crippen LogP contribution >= 0.6 is 15.9 Å². The Morgan fingerprint density at radius 1 is 1.64 bits per heavy atom. The Bertz CT molecular complexity index is 332. The summed E-state index contributed by atoms with van der Waals surface area (Å²) in [7, 11) is 0. The van der Waals surface area contributed by atoms with Crippen molar-refractivity contribution < 1.29 is 0 Å². The normalized spacial score (nSPS) is 20.9. The Morgan fingerprint density at radius 2 is 2.43 bits per heavy atom. The van der Waals surface area contributed by atoms with Crippen LogP contribution in [0, 0.1) is 12.8 Å². The van der Waals surface area contributed by atoms with Crippen molar-refractivity contribution in [3.63, 3.8) is 0 Å². The topological polar surface area (TPSA) is 43.8 Å². The van der Waals surface area contributed by atoms with Crippen LogP contribution in [0.5, 0.6) is 0 Å². The number of halogens is 1. The summed E-state index contributed by atoms with van der Waals surface area (Å²) in [5.41, 5.74) is 8.15. The van der Waals surface area contributed by atoms with E-state index in [1.54, 1.807) is 0 Å². The Labute approximate surface area is 92.8 Å². The highest BCUT2D eigenvalue weighted by Crippen LogP contribution is 2.28. The molecule has 3 nitrogen and oxygen atoms in total. The third kappa shape index (κ3) is 1.73. The number of aryl methyl sites for hydroxylation is 1. The average molecular weight is 258 g/mol. The van der Waals surface area contributed by atoms with Gasteiger partial charge in [0.05, 0.1) is 5.69 Å². The van der Waals surface area contributed by atoms with Crippen molar-refractivity contribution in [2.75, 3.05) is 6.54 Å². The summed E-state index contributed by atoms with van der Waals surface area (Å²) in [5.74, 6) is 0.759. The molecule has 1 aliphatic rings. The predicted molar refractivity (Wildman–Crippen MR) is 60.1 cm³/mol. The summed E-state index contributed by atoms with van der Waals surface area (Å²) in [6, 6.07) is 0. The summed E-state index contributed by atoms with van der Waals surface area (Å²) in [6.45, 7) is 3.97. The molecule has 0 fully saturated rings. The van der Waals surface area contributed by atoms with Gasteiger partial charge in [0.1, 0.15) is 0 Å². The smallest absolute Gasteiger partial charge is 0.177 e. The zero-order valence-electron chi connectivity index (χ0n) is 8.46. The Balaban J connectivity index is 2.21. The first-order valence-corrected chi connectivity index (χ1v) is 5.93. The minimum Gasteiger partial charge on any atom is -0.330 e. The fourth-order valence-corrected chi connectivity index (χ4v) is 2.88. The van der Waals surface area contributed by atoms with Gasteiger partial charge in [0.15, 0.2) is 4.73 Å². The lowest BCUT2D eigenvalue weighted by molar-refractivity contribution is 0.367. The van der Waals surface area contributed by atoms with Crippen LogP contribution in [0.25, 0.3) is 0 Å². The summed E-state index contributed by atoms with van der Waals surface area (Å²) in [4.78, 5) is 4.44. The Morgan fingerprint density at radius 3 is 3.14 bits per heavy atom. The molecule has 0 radical (unpaired) electrons. The van der Waals surface area contributed by atoms with Gasteiger partial charge in [0, 0.05) is 12.2 Å². The molecule has 1 aromatic heterocycles. The molecule has 1 unspecified atom stereocenters. The highest BCUT2D eigenvalue weighted by molar-refractivity contribution is 9.10. The molecule has 1 aliphatic heterocycles. The summed E-state index contributed by atoms with van der Waals surface area (Å²) in [6.07, 6.45) is 3.52. The van der Waals surface area contributed by atoms with Crippen molar-refractivity contribution in [2.24, 2.45) is 11.7 Å². The van der Waals surface area contributed by atoms with Crippen LogP contribution in [-0.4, -0.2) is 16.1 Å². The molecule has 2 heterocycles. The molecule has 0 saturated carbocycles. The summed E-state index contributed by atoms with van der Waals surface area (Å²) in [5, 5.41) is 0. The third-order valence-electron chi connectivity index (χ3n) is 3.04. The molecule has 0 bridgehead atoms. The molecule has 1 aromatic rings. The first kappa shape index (κ1) is 10.2. The molecule has 2 rings (SSSR count). The molecule has 0 spiro atoms. The first-order chi connectivity index (χ1) is 6.72. The molecular weight excluding hydrogens is 242 g/mol. The van der Waals surface area contributed by atoms with E-state index in [9.17, 15) is 0 Å². The molecule has 0 saturated heterocycles. The van der Waals surface area contributed by atoms with Crippen LogP contribution in [0.3, 0.4) is 0 Å². The van der Waals surface area contributed by atoms with E-state index < -0.39 is 0 Å². The van der Waals surface area contributed by atoms with Gasteiger partial charge in [-0.05, 0) is 54.6 Å². The van der Waals surface area contributed by atoms with E-state index in [1.165, 1.54) is 17.8 Å². The largest absolute Gasteiger partial charge is 0.330 e. The standard InChI is InChI=1S/C10H16BrN3/c1-7-9-6-8(2-4-12)3-5-14(9)10(11)13-7/h8H,2-6,12H2,1H3. The molecule has 0 amide bonds. The molecular formula is C10H16BrN3. The van der Waals surface area contributed by atoms with Crippen LogP contribution in [0.15, 0.2) is 4.73 Å². The number of nitrogens with two attached hydrogens (primary N) is 1. The van der Waals surface area contributed by atoms with Gasteiger partial charge in [0.2, 0.25) is 0 Å². The third-order valence-corrected chi connectivity index (χ3v) is 3.65. The van der Waals surface area contributed by atoms with Gasteiger partial charge < -0.3 is 10.3 Å². The molecule has 4 heteroatoms. The molecule has 0 aromatic carbocycles. The molecule has 2 N–H and O–H groups in total. The van der Waals surface area contributed by atoms with Gasteiger partial charge in [-0.1, -0.05) is 0 Å². The van der Waals surface area contributed by atoms with Gasteiger partial charge >= 0.3 is 0 Å². The van der Waals surface area contributed by atoms with Crippen molar-refractivity contribution in [2.45, 2.75) is 32.7 Å².